The van der Waals surface area contributed by atoms with Gasteiger partial charge in [-0.3, -0.25) is 0 Å². The quantitative estimate of drug-likeness (QED) is 0.637. The van der Waals surface area contributed by atoms with Crippen molar-refractivity contribution in [1.29, 1.82) is 0 Å². The lowest BCUT2D eigenvalue weighted by Gasteiger charge is -2.08. The van der Waals surface area contributed by atoms with Crippen molar-refractivity contribution in [3.05, 3.63) is 0 Å². The molecule has 0 aromatic rings. The summed E-state index contributed by atoms with van der Waals surface area (Å²) in [6, 6.07) is 0. The fourth-order valence-corrected chi connectivity index (χ4v) is 1.17. The fourth-order valence-electron chi connectivity index (χ4n) is 1.17. The summed E-state index contributed by atoms with van der Waals surface area (Å²) in [6.07, 6.45) is -2.31. The third-order valence-electron chi connectivity index (χ3n) is 1.95. The van der Waals surface area contributed by atoms with E-state index in [9.17, 15) is 13.2 Å². The van der Waals surface area contributed by atoms with Crippen molar-refractivity contribution in [2.75, 3.05) is 13.1 Å². The van der Waals surface area contributed by atoms with Crippen molar-refractivity contribution in [1.82, 2.24) is 5.32 Å². The van der Waals surface area contributed by atoms with Gasteiger partial charge in [-0.25, -0.2) is 0 Å². The lowest BCUT2D eigenvalue weighted by Crippen LogP contribution is -2.19. The van der Waals surface area contributed by atoms with Gasteiger partial charge in [0.2, 0.25) is 0 Å². The van der Waals surface area contributed by atoms with E-state index < -0.39 is 12.6 Å². The van der Waals surface area contributed by atoms with Gasteiger partial charge in [-0.05, 0) is 38.3 Å². The van der Waals surface area contributed by atoms with E-state index in [2.05, 4.69) is 19.2 Å². The summed E-state index contributed by atoms with van der Waals surface area (Å²) in [5.41, 5.74) is 0. The summed E-state index contributed by atoms with van der Waals surface area (Å²) in [5, 5.41) is 3.01. The van der Waals surface area contributed by atoms with E-state index in [0.717, 1.165) is 19.4 Å². The van der Waals surface area contributed by atoms with Crippen LogP contribution in [0.4, 0.5) is 13.2 Å². The molecule has 0 saturated carbocycles. The second-order valence-electron chi connectivity index (χ2n) is 4.00. The van der Waals surface area contributed by atoms with Crippen molar-refractivity contribution in [3.63, 3.8) is 0 Å². The molecule has 0 rings (SSSR count). The van der Waals surface area contributed by atoms with Crippen LogP contribution in [-0.2, 0) is 0 Å². The highest BCUT2D eigenvalue weighted by Gasteiger charge is 2.25. The van der Waals surface area contributed by atoms with Gasteiger partial charge >= 0.3 is 6.18 Å². The predicted molar refractivity (Wildman–Crippen MR) is 52.2 cm³/mol. The number of hydrogen-bond donors (Lipinski definition) is 1. The zero-order valence-electron chi connectivity index (χ0n) is 8.95. The van der Waals surface area contributed by atoms with Crippen LogP contribution in [-0.4, -0.2) is 19.3 Å². The number of nitrogens with one attached hydrogen (secondary N) is 1. The maximum absolute atomic E-state index is 11.7. The van der Waals surface area contributed by atoms with Crippen molar-refractivity contribution in [3.8, 4) is 0 Å². The Labute approximate surface area is 84.1 Å². The van der Waals surface area contributed by atoms with Gasteiger partial charge in [-0.15, -0.1) is 0 Å². The lowest BCUT2D eigenvalue weighted by atomic mass is 10.1. The van der Waals surface area contributed by atoms with Crippen LogP contribution in [0.15, 0.2) is 0 Å². The number of hydrogen-bond acceptors (Lipinski definition) is 1. The molecule has 86 valence electrons. The van der Waals surface area contributed by atoms with Crippen molar-refractivity contribution in [2.45, 2.75) is 45.7 Å². The third kappa shape index (κ3) is 11.8. The zero-order chi connectivity index (χ0) is 11.0. The molecule has 0 aliphatic rings. The Morgan fingerprint density at radius 3 is 2.14 bits per heavy atom. The normalized spacial score (nSPS) is 12.4. The maximum Gasteiger partial charge on any atom is 0.389 e. The molecule has 0 aliphatic heterocycles. The van der Waals surface area contributed by atoms with Crippen LogP contribution in [0, 0.1) is 5.92 Å². The van der Waals surface area contributed by atoms with Crippen LogP contribution in [0.25, 0.3) is 0 Å². The molecule has 0 radical (unpaired) electrons. The zero-order valence-corrected chi connectivity index (χ0v) is 8.95. The molecule has 1 nitrogen and oxygen atoms in total. The summed E-state index contributed by atoms with van der Waals surface area (Å²) in [6.45, 7) is 5.58. The van der Waals surface area contributed by atoms with Gasteiger partial charge in [-0.1, -0.05) is 13.8 Å². The van der Waals surface area contributed by atoms with Gasteiger partial charge in [0.15, 0.2) is 0 Å². The van der Waals surface area contributed by atoms with Crippen molar-refractivity contribution >= 4 is 0 Å². The van der Waals surface area contributed by atoms with E-state index in [-0.39, 0.29) is 6.42 Å². The minimum absolute atomic E-state index is 0.186. The highest BCUT2D eigenvalue weighted by atomic mass is 19.4. The van der Waals surface area contributed by atoms with E-state index in [0.29, 0.717) is 12.5 Å². The number of halogens is 3. The molecule has 0 fully saturated rings. The van der Waals surface area contributed by atoms with Gasteiger partial charge < -0.3 is 5.32 Å². The minimum atomic E-state index is -4.00. The Balaban J connectivity index is 3.07. The first-order valence-corrected chi connectivity index (χ1v) is 5.19. The van der Waals surface area contributed by atoms with E-state index >= 15 is 0 Å². The van der Waals surface area contributed by atoms with E-state index in [4.69, 9.17) is 0 Å². The van der Waals surface area contributed by atoms with Crippen LogP contribution in [0.2, 0.25) is 0 Å². The van der Waals surface area contributed by atoms with Gasteiger partial charge in [0, 0.05) is 6.42 Å². The van der Waals surface area contributed by atoms with Crippen LogP contribution in [0.3, 0.4) is 0 Å². The third-order valence-corrected chi connectivity index (χ3v) is 1.95. The summed E-state index contributed by atoms with van der Waals surface area (Å²) < 4.78 is 35.1. The Morgan fingerprint density at radius 2 is 1.64 bits per heavy atom. The van der Waals surface area contributed by atoms with Gasteiger partial charge in [-0.2, -0.15) is 13.2 Å². The maximum atomic E-state index is 11.7. The molecule has 1 N–H and O–H groups in total. The van der Waals surface area contributed by atoms with Crippen LogP contribution in [0.1, 0.15) is 39.5 Å². The number of rotatable bonds is 7. The Bertz CT molecular complexity index is 132. The smallest absolute Gasteiger partial charge is 0.317 e. The second kappa shape index (κ2) is 7.10. The molecule has 0 spiro atoms. The van der Waals surface area contributed by atoms with Gasteiger partial charge in [0.05, 0.1) is 0 Å². The molecular formula is C10H20F3N. The standard InChI is InChI=1S/C10H20F3N/c1-9(2)5-3-7-14-8-4-6-10(11,12)13/h9,14H,3-8H2,1-2H3. The summed E-state index contributed by atoms with van der Waals surface area (Å²) in [4.78, 5) is 0. The van der Waals surface area contributed by atoms with E-state index in [1.54, 1.807) is 0 Å². The van der Waals surface area contributed by atoms with Gasteiger partial charge in [0.1, 0.15) is 0 Å². The molecule has 0 atom stereocenters. The molecule has 0 aromatic carbocycles. The Hall–Kier alpha value is -0.250. The molecular weight excluding hydrogens is 191 g/mol. The first kappa shape index (κ1) is 13.8. The molecule has 0 saturated heterocycles. The Kier molecular flexibility index (Phi) is 6.97. The van der Waals surface area contributed by atoms with E-state index in [1.807, 2.05) is 0 Å². The molecule has 0 unspecified atom stereocenters. The fraction of sp³-hybridized carbons (Fsp3) is 1.00. The summed E-state index contributed by atoms with van der Waals surface area (Å²) in [5.74, 6) is 0.673. The largest absolute Gasteiger partial charge is 0.389 e. The minimum Gasteiger partial charge on any atom is -0.317 e. The van der Waals surface area contributed by atoms with Gasteiger partial charge in [0.25, 0.3) is 0 Å². The molecule has 0 aromatic heterocycles. The molecule has 0 amide bonds. The second-order valence-corrected chi connectivity index (χ2v) is 4.00. The predicted octanol–water partition coefficient (Wildman–Crippen LogP) is 3.35. The molecule has 4 heteroatoms. The summed E-state index contributed by atoms with van der Waals surface area (Å²) in [7, 11) is 0. The topological polar surface area (TPSA) is 12.0 Å². The Morgan fingerprint density at radius 1 is 1.07 bits per heavy atom. The molecule has 0 heterocycles. The van der Waals surface area contributed by atoms with Crippen molar-refractivity contribution in [2.24, 2.45) is 5.92 Å². The molecule has 0 aliphatic carbocycles. The van der Waals surface area contributed by atoms with E-state index in [1.165, 1.54) is 0 Å². The van der Waals surface area contributed by atoms with Crippen molar-refractivity contribution < 1.29 is 13.2 Å². The van der Waals surface area contributed by atoms with Crippen LogP contribution >= 0.6 is 0 Å². The molecule has 0 bridgehead atoms. The molecule has 14 heavy (non-hydrogen) atoms. The van der Waals surface area contributed by atoms with Crippen LogP contribution in [0.5, 0.6) is 0 Å². The lowest BCUT2D eigenvalue weighted by molar-refractivity contribution is -0.135. The average molecular weight is 211 g/mol. The SMILES string of the molecule is CC(C)CCCNCCCC(F)(F)F. The van der Waals surface area contributed by atoms with Crippen LogP contribution < -0.4 is 5.32 Å². The highest BCUT2D eigenvalue weighted by Crippen LogP contribution is 2.20. The average Bonchev–Trinajstić information content (AvgIpc) is 2.00. The summed E-state index contributed by atoms with van der Waals surface area (Å²) >= 11 is 0. The number of alkyl halides is 3. The first-order chi connectivity index (χ1) is 6.42. The highest BCUT2D eigenvalue weighted by molar-refractivity contribution is 4.55. The monoisotopic (exact) mass is 211 g/mol. The first-order valence-electron chi connectivity index (χ1n) is 5.19.